The predicted molar refractivity (Wildman–Crippen MR) is 85.3 cm³/mol. The van der Waals surface area contributed by atoms with Gasteiger partial charge < -0.3 is 9.64 Å². The molecule has 1 amide bonds. The minimum atomic E-state index is -3.49. The van der Waals surface area contributed by atoms with Gasteiger partial charge in [-0.2, -0.15) is 0 Å². The van der Waals surface area contributed by atoms with Crippen LogP contribution in [0.5, 0.6) is 0 Å². The Hall–Kier alpha value is -1.44. The molecule has 3 rings (SSSR count). The summed E-state index contributed by atoms with van der Waals surface area (Å²) in [5.41, 5.74) is 0. The van der Waals surface area contributed by atoms with Crippen LogP contribution in [0, 0.1) is 0 Å². The van der Waals surface area contributed by atoms with Gasteiger partial charge in [0.25, 0.3) is 5.91 Å². The van der Waals surface area contributed by atoms with Crippen molar-refractivity contribution in [3.8, 4) is 0 Å². The van der Waals surface area contributed by atoms with E-state index in [9.17, 15) is 13.2 Å². The maximum Gasteiger partial charge on any atom is 0.251 e. The van der Waals surface area contributed by atoms with Crippen molar-refractivity contribution in [1.29, 1.82) is 0 Å². The number of piperidine rings is 1. The van der Waals surface area contributed by atoms with Crippen molar-refractivity contribution in [2.75, 3.05) is 19.7 Å². The molecule has 2 saturated heterocycles. The molecule has 2 heterocycles. The van der Waals surface area contributed by atoms with E-state index in [0.717, 1.165) is 12.8 Å². The summed E-state index contributed by atoms with van der Waals surface area (Å²) in [7, 11) is -3.49. The summed E-state index contributed by atoms with van der Waals surface area (Å²) >= 11 is 0. The first-order valence-electron chi connectivity index (χ1n) is 8.04. The van der Waals surface area contributed by atoms with Crippen LogP contribution in [0.4, 0.5) is 0 Å². The first-order valence-corrected chi connectivity index (χ1v) is 9.52. The van der Waals surface area contributed by atoms with E-state index >= 15 is 0 Å². The van der Waals surface area contributed by atoms with E-state index in [1.54, 1.807) is 35.2 Å². The zero-order chi connectivity index (χ0) is 16.3. The number of likely N-dealkylation sites (tertiary alicyclic amines) is 1. The quantitative estimate of drug-likeness (QED) is 0.893. The van der Waals surface area contributed by atoms with Crippen molar-refractivity contribution in [2.45, 2.75) is 42.7 Å². The van der Waals surface area contributed by atoms with Crippen LogP contribution in [-0.4, -0.2) is 51.1 Å². The molecule has 0 spiro atoms. The van der Waals surface area contributed by atoms with Gasteiger partial charge in [-0.05, 0) is 37.8 Å². The van der Waals surface area contributed by atoms with Gasteiger partial charge in [0.15, 0.2) is 0 Å². The Morgan fingerprint density at radius 1 is 1.13 bits per heavy atom. The lowest BCUT2D eigenvalue weighted by atomic mass is 10.1. The van der Waals surface area contributed by atoms with Crippen molar-refractivity contribution < 1.29 is 17.9 Å². The number of amides is 1. The van der Waals surface area contributed by atoms with Crippen LogP contribution in [0.2, 0.25) is 0 Å². The Balaban J connectivity index is 1.54. The number of nitrogens with zero attached hydrogens (tertiary/aromatic N) is 1. The van der Waals surface area contributed by atoms with Crippen molar-refractivity contribution in [1.82, 2.24) is 9.62 Å². The molecule has 1 atom stereocenters. The first-order chi connectivity index (χ1) is 11.1. The standard InChI is InChI=1S/C16H22N2O4S/c19-16(15-7-4-12-22-15)18-10-8-13(9-11-18)17-23(20,21)14-5-2-1-3-6-14/h1-3,5-6,13,15,17H,4,7-12H2/t15-/m1/s1. The third kappa shape index (κ3) is 3.91. The molecule has 1 aromatic carbocycles. The van der Waals surface area contributed by atoms with Crippen LogP contribution in [-0.2, 0) is 19.6 Å². The number of rotatable bonds is 4. The molecule has 2 aliphatic heterocycles. The van der Waals surface area contributed by atoms with Crippen LogP contribution in [0.15, 0.2) is 35.2 Å². The highest BCUT2D eigenvalue weighted by molar-refractivity contribution is 7.89. The molecule has 0 aliphatic carbocycles. The molecular weight excluding hydrogens is 316 g/mol. The van der Waals surface area contributed by atoms with Crippen molar-refractivity contribution >= 4 is 15.9 Å². The van der Waals surface area contributed by atoms with Crippen molar-refractivity contribution in [3.63, 3.8) is 0 Å². The molecule has 2 fully saturated rings. The van der Waals surface area contributed by atoms with E-state index in [2.05, 4.69) is 4.72 Å². The van der Waals surface area contributed by atoms with Crippen LogP contribution in [0.3, 0.4) is 0 Å². The second-order valence-electron chi connectivity index (χ2n) is 6.04. The Morgan fingerprint density at radius 3 is 2.43 bits per heavy atom. The number of hydrogen-bond acceptors (Lipinski definition) is 4. The van der Waals surface area contributed by atoms with Crippen LogP contribution in [0.1, 0.15) is 25.7 Å². The molecule has 1 aromatic rings. The molecule has 0 radical (unpaired) electrons. The van der Waals surface area contributed by atoms with Crippen LogP contribution >= 0.6 is 0 Å². The Labute approximate surface area is 136 Å². The largest absolute Gasteiger partial charge is 0.368 e. The minimum Gasteiger partial charge on any atom is -0.368 e. The molecule has 126 valence electrons. The lowest BCUT2D eigenvalue weighted by Gasteiger charge is -2.33. The Morgan fingerprint density at radius 2 is 1.83 bits per heavy atom. The summed E-state index contributed by atoms with van der Waals surface area (Å²) in [6.07, 6.45) is 2.69. The number of hydrogen-bond donors (Lipinski definition) is 1. The molecule has 0 unspecified atom stereocenters. The number of sulfonamides is 1. The lowest BCUT2D eigenvalue weighted by molar-refractivity contribution is -0.142. The maximum absolute atomic E-state index is 12.3. The van der Waals surface area contributed by atoms with E-state index in [-0.39, 0.29) is 22.9 Å². The van der Waals surface area contributed by atoms with E-state index in [1.807, 2.05) is 0 Å². The summed E-state index contributed by atoms with van der Waals surface area (Å²) < 4.78 is 32.8. The normalized spacial score (nSPS) is 23.1. The van der Waals surface area contributed by atoms with Crippen LogP contribution in [0.25, 0.3) is 0 Å². The van der Waals surface area contributed by atoms with E-state index in [1.165, 1.54) is 0 Å². The summed E-state index contributed by atoms with van der Waals surface area (Å²) in [6, 6.07) is 8.23. The van der Waals surface area contributed by atoms with Gasteiger partial charge in [-0.15, -0.1) is 0 Å². The molecule has 0 aromatic heterocycles. The molecule has 7 heteroatoms. The summed E-state index contributed by atoms with van der Waals surface area (Å²) in [5, 5.41) is 0. The Bertz CT molecular complexity index is 633. The summed E-state index contributed by atoms with van der Waals surface area (Å²) in [6.45, 7) is 1.80. The fourth-order valence-electron chi connectivity index (χ4n) is 3.08. The number of ether oxygens (including phenoxy) is 1. The fraction of sp³-hybridized carbons (Fsp3) is 0.562. The molecule has 23 heavy (non-hydrogen) atoms. The predicted octanol–water partition coefficient (Wildman–Crippen LogP) is 1.13. The molecule has 0 bridgehead atoms. The SMILES string of the molecule is O=C([C@H]1CCCO1)N1CCC(NS(=O)(=O)c2ccccc2)CC1. The zero-order valence-corrected chi connectivity index (χ0v) is 13.8. The number of benzene rings is 1. The molecule has 0 saturated carbocycles. The maximum atomic E-state index is 12.3. The lowest BCUT2D eigenvalue weighted by Crippen LogP contribution is -2.49. The summed E-state index contributed by atoms with van der Waals surface area (Å²) in [5.74, 6) is 0.0480. The minimum absolute atomic E-state index is 0.0480. The first kappa shape index (κ1) is 16.4. The van der Waals surface area contributed by atoms with Gasteiger partial charge in [0.1, 0.15) is 6.10 Å². The number of carbonyl (C=O) groups is 1. The highest BCUT2D eigenvalue weighted by Crippen LogP contribution is 2.19. The monoisotopic (exact) mass is 338 g/mol. The van der Waals surface area contributed by atoms with Crippen molar-refractivity contribution in [3.05, 3.63) is 30.3 Å². The molecular formula is C16H22N2O4S. The average molecular weight is 338 g/mol. The number of carbonyl (C=O) groups excluding carboxylic acids is 1. The second kappa shape index (κ2) is 6.98. The smallest absolute Gasteiger partial charge is 0.251 e. The zero-order valence-electron chi connectivity index (χ0n) is 13.0. The van der Waals surface area contributed by atoms with E-state index < -0.39 is 10.0 Å². The molecule has 6 nitrogen and oxygen atoms in total. The average Bonchev–Trinajstić information content (AvgIpc) is 3.10. The van der Waals surface area contributed by atoms with Gasteiger partial charge in [-0.3, -0.25) is 4.79 Å². The second-order valence-corrected chi connectivity index (χ2v) is 7.75. The fourth-order valence-corrected chi connectivity index (χ4v) is 4.41. The third-order valence-corrected chi connectivity index (χ3v) is 5.92. The highest BCUT2D eigenvalue weighted by Gasteiger charge is 2.32. The van der Waals surface area contributed by atoms with Gasteiger partial charge in [-0.1, -0.05) is 18.2 Å². The summed E-state index contributed by atoms with van der Waals surface area (Å²) in [4.78, 5) is 14.3. The van der Waals surface area contributed by atoms with Gasteiger partial charge in [-0.25, -0.2) is 13.1 Å². The number of nitrogens with one attached hydrogen (secondary N) is 1. The van der Waals surface area contributed by atoms with Gasteiger partial charge in [0, 0.05) is 25.7 Å². The third-order valence-electron chi connectivity index (χ3n) is 4.39. The molecule has 1 N–H and O–H groups in total. The highest BCUT2D eigenvalue weighted by atomic mass is 32.2. The van der Waals surface area contributed by atoms with E-state index in [0.29, 0.717) is 32.5 Å². The van der Waals surface area contributed by atoms with Gasteiger partial charge in [0.2, 0.25) is 10.0 Å². The molecule has 2 aliphatic rings. The van der Waals surface area contributed by atoms with Gasteiger partial charge in [0.05, 0.1) is 4.90 Å². The van der Waals surface area contributed by atoms with Crippen molar-refractivity contribution in [2.24, 2.45) is 0 Å². The van der Waals surface area contributed by atoms with Gasteiger partial charge >= 0.3 is 0 Å². The Kier molecular flexibility index (Phi) is 4.99. The van der Waals surface area contributed by atoms with E-state index in [4.69, 9.17) is 4.74 Å². The van der Waals surface area contributed by atoms with Crippen LogP contribution < -0.4 is 4.72 Å². The topological polar surface area (TPSA) is 75.7 Å².